The summed E-state index contributed by atoms with van der Waals surface area (Å²) in [4.78, 5) is 27.7. The lowest BCUT2D eigenvalue weighted by Crippen LogP contribution is -2.48. The predicted molar refractivity (Wildman–Crippen MR) is 108 cm³/mol. The van der Waals surface area contributed by atoms with Crippen molar-refractivity contribution in [3.05, 3.63) is 75.3 Å². The van der Waals surface area contributed by atoms with Crippen LogP contribution in [0.1, 0.15) is 21.5 Å². The summed E-state index contributed by atoms with van der Waals surface area (Å²) in [5.41, 5.74) is 2.07. The van der Waals surface area contributed by atoms with Crippen LogP contribution in [0.4, 0.5) is 5.69 Å². The van der Waals surface area contributed by atoms with Crippen LogP contribution >= 0.6 is 0 Å². The zero-order valence-electron chi connectivity index (χ0n) is 16.1. The van der Waals surface area contributed by atoms with E-state index >= 15 is 0 Å². The molecule has 0 atom stereocenters. The molecule has 0 aliphatic carbocycles. The Labute approximate surface area is 165 Å². The molecule has 0 unspecified atom stereocenters. The van der Waals surface area contributed by atoms with Crippen molar-refractivity contribution in [2.75, 3.05) is 39.3 Å². The van der Waals surface area contributed by atoms with Crippen molar-refractivity contribution >= 4 is 11.6 Å². The lowest BCUT2D eigenvalue weighted by atomic mass is 10.1. The van der Waals surface area contributed by atoms with E-state index in [1.54, 1.807) is 19.1 Å². The van der Waals surface area contributed by atoms with Crippen LogP contribution in [-0.2, 0) is 6.54 Å². The molecule has 1 fully saturated rings. The highest BCUT2D eigenvalue weighted by Gasteiger charge is 2.19. The van der Waals surface area contributed by atoms with Crippen LogP contribution in [0.2, 0.25) is 0 Å². The number of nitro groups is 1. The molecule has 2 aromatic rings. The lowest BCUT2D eigenvalue weighted by molar-refractivity contribution is -0.385. The third-order valence-electron chi connectivity index (χ3n) is 5.17. The summed E-state index contributed by atoms with van der Waals surface area (Å²) >= 11 is 0. The van der Waals surface area contributed by atoms with Crippen molar-refractivity contribution in [3.63, 3.8) is 0 Å². The Bertz CT molecular complexity index is 818. The van der Waals surface area contributed by atoms with Gasteiger partial charge < -0.3 is 5.32 Å². The highest BCUT2D eigenvalue weighted by molar-refractivity contribution is 5.96. The zero-order chi connectivity index (χ0) is 19.9. The minimum atomic E-state index is -0.457. The van der Waals surface area contributed by atoms with Gasteiger partial charge in [-0.2, -0.15) is 0 Å². The highest BCUT2D eigenvalue weighted by Crippen LogP contribution is 2.20. The molecule has 1 heterocycles. The molecule has 1 aliphatic rings. The molecule has 0 saturated carbocycles. The number of benzene rings is 2. The lowest BCUT2D eigenvalue weighted by Gasteiger charge is -2.34. The first-order chi connectivity index (χ1) is 13.5. The molecule has 2 aromatic carbocycles. The first kappa shape index (κ1) is 20.0. The van der Waals surface area contributed by atoms with E-state index < -0.39 is 4.92 Å². The molecule has 1 saturated heterocycles. The smallest absolute Gasteiger partial charge is 0.273 e. The Balaban J connectivity index is 1.42. The fraction of sp³-hybridized carbons (Fsp3) is 0.381. The van der Waals surface area contributed by atoms with Crippen LogP contribution in [0.25, 0.3) is 0 Å². The summed E-state index contributed by atoms with van der Waals surface area (Å²) in [6.45, 7) is 7.84. The molecule has 28 heavy (non-hydrogen) atoms. The van der Waals surface area contributed by atoms with Crippen molar-refractivity contribution in [1.29, 1.82) is 0 Å². The summed E-state index contributed by atoms with van der Waals surface area (Å²) in [7, 11) is 0. The van der Waals surface area contributed by atoms with Gasteiger partial charge in [0.15, 0.2) is 0 Å². The standard InChI is InChI=1S/C21H26N4O3/c1-17-19(8-5-9-20(17)25(27)28)21(26)22-10-11-23-12-14-24(15-13-23)16-18-6-3-2-4-7-18/h2-9H,10-16H2,1H3,(H,22,26). The van der Waals surface area contributed by atoms with E-state index in [-0.39, 0.29) is 11.6 Å². The number of nitrogens with one attached hydrogen (secondary N) is 1. The van der Waals surface area contributed by atoms with E-state index in [2.05, 4.69) is 39.4 Å². The maximum atomic E-state index is 12.4. The van der Waals surface area contributed by atoms with Crippen molar-refractivity contribution in [3.8, 4) is 0 Å². The highest BCUT2D eigenvalue weighted by atomic mass is 16.6. The number of carbonyl (C=O) groups is 1. The Kier molecular flexibility index (Phi) is 6.73. The first-order valence-electron chi connectivity index (χ1n) is 9.55. The van der Waals surface area contributed by atoms with Gasteiger partial charge in [0, 0.05) is 63.0 Å². The number of carbonyl (C=O) groups excluding carboxylic acids is 1. The second-order valence-corrected chi connectivity index (χ2v) is 7.07. The summed E-state index contributed by atoms with van der Waals surface area (Å²) in [6, 6.07) is 15.1. The van der Waals surface area contributed by atoms with Crippen LogP contribution < -0.4 is 5.32 Å². The van der Waals surface area contributed by atoms with Gasteiger partial charge in [0.05, 0.1) is 4.92 Å². The van der Waals surface area contributed by atoms with Crippen LogP contribution in [0, 0.1) is 17.0 Å². The number of nitro benzene ring substituents is 1. The van der Waals surface area contributed by atoms with E-state index in [1.807, 2.05) is 6.07 Å². The van der Waals surface area contributed by atoms with Gasteiger partial charge in [-0.15, -0.1) is 0 Å². The summed E-state index contributed by atoms with van der Waals surface area (Å²) in [5.74, 6) is -0.260. The third kappa shape index (κ3) is 5.15. The quantitative estimate of drug-likeness (QED) is 0.588. The Morgan fingerprint density at radius 3 is 2.39 bits per heavy atom. The summed E-state index contributed by atoms with van der Waals surface area (Å²) < 4.78 is 0. The molecule has 7 heteroatoms. The average molecular weight is 382 g/mol. The fourth-order valence-corrected chi connectivity index (χ4v) is 3.50. The average Bonchev–Trinajstić information content (AvgIpc) is 2.70. The number of hydrogen-bond acceptors (Lipinski definition) is 5. The monoisotopic (exact) mass is 382 g/mol. The maximum Gasteiger partial charge on any atom is 0.273 e. The molecule has 148 valence electrons. The SMILES string of the molecule is Cc1c(C(=O)NCCN2CCN(Cc3ccccc3)CC2)cccc1[N+](=O)[O-]. The number of amides is 1. The van der Waals surface area contributed by atoms with Crippen LogP contribution in [-0.4, -0.2) is 59.9 Å². The molecular formula is C21H26N4O3. The first-order valence-corrected chi connectivity index (χ1v) is 9.55. The summed E-state index contributed by atoms with van der Waals surface area (Å²) in [6.07, 6.45) is 0. The number of nitrogens with zero attached hydrogens (tertiary/aromatic N) is 3. The van der Waals surface area contributed by atoms with Crippen LogP contribution in [0.15, 0.2) is 48.5 Å². The minimum absolute atomic E-state index is 0.0258. The van der Waals surface area contributed by atoms with Crippen molar-refractivity contribution < 1.29 is 9.72 Å². The van der Waals surface area contributed by atoms with E-state index in [0.29, 0.717) is 17.7 Å². The second kappa shape index (κ2) is 9.43. The van der Waals surface area contributed by atoms with Gasteiger partial charge in [-0.3, -0.25) is 24.7 Å². The largest absolute Gasteiger partial charge is 0.351 e. The van der Waals surface area contributed by atoms with Gasteiger partial charge in [0.2, 0.25) is 0 Å². The van der Waals surface area contributed by atoms with Gasteiger partial charge >= 0.3 is 0 Å². The molecule has 1 N–H and O–H groups in total. The van der Waals surface area contributed by atoms with E-state index in [4.69, 9.17) is 0 Å². The fourth-order valence-electron chi connectivity index (χ4n) is 3.50. The van der Waals surface area contributed by atoms with Crippen molar-refractivity contribution in [1.82, 2.24) is 15.1 Å². The third-order valence-corrected chi connectivity index (χ3v) is 5.17. The number of piperazine rings is 1. The Morgan fingerprint density at radius 2 is 1.71 bits per heavy atom. The molecule has 0 radical (unpaired) electrons. The van der Waals surface area contributed by atoms with Crippen molar-refractivity contribution in [2.24, 2.45) is 0 Å². The van der Waals surface area contributed by atoms with E-state index in [1.165, 1.54) is 11.6 Å². The minimum Gasteiger partial charge on any atom is -0.351 e. The van der Waals surface area contributed by atoms with Crippen molar-refractivity contribution in [2.45, 2.75) is 13.5 Å². The molecule has 3 rings (SSSR count). The Morgan fingerprint density at radius 1 is 1.04 bits per heavy atom. The van der Waals surface area contributed by atoms with Gasteiger partial charge in [-0.25, -0.2) is 0 Å². The number of rotatable bonds is 7. The summed E-state index contributed by atoms with van der Waals surface area (Å²) in [5, 5.41) is 13.9. The van der Waals surface area contributed by atoms with Crippen LogP contribution in [0.3, 0.4) is 0 Å². The second-order valence-electron chi connectivity index (χ2n) is 7.07. The topological polar surface area (TPSA) is 78.7 Å². The number of hydrogen-bond donors (Lipinski definition) is 1. The molecular weight excluding hydrogens is 356 g/mol. The van der Waals surface area contributed by atoms with E-state index in [0.717, 1.165) is 39.3 Å². The predicted octanol–water partition coefficient (Wildman–Crippen LogP) is 2.45. The van der Waals surface area contributed by atoms with Gasteiger partial charge in [0.1, 0.15) is 0 Å². The molecule has 0 spiro atoms. The van der Waals surface area contributed by atoms with Crippen LogP contribution in [0.5, 0.6) is 0 Å². The van der Waals surface area contributed by atoms with E-state index in [9.17, 15) is 14.9 Å². The van der Waals surface area contributed by atoms with Gasteiger partial charge in [0.25, 0.3) is 11.6 Å². The maximum absolute atomic E-state index is 12.4. The molecule has 0 aromatic heterocycles. The molecule has 0 bridgehead atoms. The Hall–Kier alpha value is -2.77. The molecule has 7 nitrogen and oxygen atoms in total. The van der Waals surface area contributed by atoms with Gasteiger partial charge in [-0.1, -0.05) is 36.4 Å². The molecule has 1 aliphatic heterocycles. The zero-order valence-corrected chi connectivity index (χ0v) is 16.1. The molecule has 1 amide bonds. The normalized spacial score (nSPS) is 15.3. The van der Waals surface area contributed by atoms with Gasteiger partial charge in [-0.05, 0) is 18.6 Å².